The third-order valence-corrected chi connectivity index (χ3v) is 5.06. The Hall–Kier alpha value is -0.380. The van der Waals surface area contributed by atoms with Crippen LogP contribution in [-0.4, -0.2) is 22.0 Å². The lowest BCUT2D eigenvalue weighted by atomic mass is 10.0. The largest absolute Gasteiger partial charge is 0.344 e. The van der Waals surface area contributed by atoms with E-state index in [0.29, 0.717) is 6.42 Å². The van der Waals surface area contributed by atoms with Crippen molar-refractivity contribution in [3.05, 3.63) is 0 Å². The van der Waals surface area contributed by atoms with E-state index in [4.69, 9.17) is 9.79 Å². The van der Waals surface area contributed by atoms with Gasteiger partial charge >= 0.3 is 7.60 Å². The molecule has 0 heterocycles. The lowest BCUT2D eigenvalue weighted by Crippen LogP contribution is -2.23. The van der Waals surface area contributed by atoms with Gasteiger partial charge in [0, 0.05) is 6.42 Å². The zero-order valence-corrected chi connectivity index (χ0v) is 17.1. The fraction of sp³-hybridized carbons (Fsp3) is 0.947. The Morgan fingerprint density at radius 3 is 1.44 bits per heavy atom. The molecule has 0 rings (SSSR count). The summed E-state index contributed by atoms with van der Waals surface area (Å²) in [5.74, 6) is -0.266. The molecular weight excluding hydrogens is 337 g/mol. The molecule has 0 bridgehead atoms. The van der Waals surface area contributed by atoms with Crippen LogP contribution >= 0.6 is 7.60 Å². The molecule has 150 valence electrons. The van der Waals surface area contributed by atoms with Crippen molar-refractivity contribution < 1.29 is 19.1 Å². The van der Waals surface area contributed by atoms with E-state index in [-0.39, 0.29) is 5.91 Å². The van der Waals surface area contributed by atoms with Crippen molar-refractivity contribution in [1.29, 1.82) is 0 Å². The first-order valence-electron chi connectivity index (χ1n) is 10.3. The van der Waals surface area contributed by atoms with E-state index in [1.54, 1.807) is 0 Å². The van der Waals surface area contributed by atoms with Crippen molar-refractivity contribution in [1.82, 2.24) is 5.32 Å². The SMILES string of the molecule is CCCCCCCCCCCCCCCCCC(=O)NCP(=O)(O)O. The quantitative estimate of drug-likeness (QED) is 0.217. The van der Waals surface area contributed by atoms with Gasteiger partial charge in [-0.15, -0.1) is 0 Å². The number of amides is 1. The molecule has 0 saturated heterocycles. The first-order valence-corrected chi connectivity index (χ1v) is 12.1. The van der Waals surface area contributed by atoms with Gasteiger partial charge in [0.2, 0.25) is 5.91 Å². The van der Waals surface area contributed by atoms with Crippen LogP contribution in [-0.2, 0) is 9.36 Å². The summed E-state index contributed by atoms with van der Waals surface area (Å²) in [4.78, 5) is 28.7. The Bertz CT molecular complexity index is 357. The first kappa shape index (κ1) is 24.6. The Labute approximate surface area is 154 Å². The molecule has 0 aliphatic carbocycles. The third kappa shape index (κ3) is 21.6. The maximum Gasteiger partial charge on any atom is 0.344 e. The molecule has 0 spiro atoms. The van der Waals surface area contributed by atoms with Crippen LogP contribution in [0.4, 0.5) is 0 Å². The third-order valence-electron chi connectivity index (χ3n) is 4.49. The lowest BCUT2D eigenvalue weighted by molar-refractivity contribution is -0.120. The van der Waals surface area contributed by atoms with Gasteiger partial charge in [-0.2, -0.15) is 0 Å². The van der Waals surface area contributed by atoms with Gasteiger partial charge in [0.05, 0.1) is 0 Å². The van der Waals surface area contributed by atoms with Gasteiger partial charge in [0.15, 0.2) is 0 Å². The van der Waals surface area contributed by atoms with Crippen LogP contribution in [0.3, 0.4) is 0 Å². The van der Waals surface area contributed by atoms with Gasteiger partial charge in [0.25, 0.3) is 0 Å². The molecule has 0 saturated carbocycles. The second-order valence-corrected chi connectivity index (χ2v) is 8.77. The van der Waals surface area contributed by atoms with E-state index in [2.05, 4.69) is 12.2 Å². The van der Waals surface area contributed by atoms with Gasteiger partial charge in [-0.05, 0) is 6.42 Å². The summed E-state index contributed by atoms with van der Waals surface area (Å²) >= 11 is 0. The molecule has 0 unspecified atom stereocenters. The fourth-order valence-electron chi connectivity index (χ4n) is 2.94. The van der Waals surface area contributed by atoms with Crippen LogP contribution in [0.2, 0.25) is 0 Å². The van der Waals surface area contributed by atoms with Crippen LogP contribution in [0.1, 0.15) is 110 Å². The van der Waals surface area contributed by atoms with E-state index in [0.717, 1.165) is 19.3 Å². The smallest absolute Gasteiger partial charge is 0.344 e. The van der Waals surface area contributed by atoms with Crippen LogP contribution in [0, 0.1) is 0 Å². The molecule has 0 aliphatic heterocycles. The zero-order chi connectivity index (χ0) is 18.8. The van der Waals surface area contributed by atoms with Crippen LogP contribution in [0.5, 0.6) is 0 Å². The fourth-order valence-corrected chi connectivity index (χ4v) is 3.32. The van der Waals surface area contributed by atoms with Crippen LogP contribution in [0.15, 0.2) is 0 Å². The Morgan fingerprint density at radius 1 is 0.720 bits per heavy atom. The minimum Gasteiger partial charge on any atom is -0.344 e. The van der Waals surface area contributed by atoms with Crippen LogP contribution < -0.4 is 5.32 Å². The zero-order valence-electron chi connectivity index (χ0n) is 16.2. The van der Waals surface area contributed by atoms with Crippen LogP contribution in [0.25, 0.3) is 0 Å². The van der Waals surface area contributed by atoms with Crippen molar-refractivity contribution in [2.45, 2.75) is 110 Å². The minimum atomic E-state index is -4.13. The van der Waals surface area contributed by atoms with E-state index >= 15 is 0 Å². The molecule has 0 fully saturated rings. The summed E-state index contributed by atoms with van der Waals surface area (Å²) < 4.78 is 10.6. The summed E-state index contributed by atoms with van der Waals surface area (Å²) in [7, 11) is -4.13. The standard InChI is InChI=1S/C19H40NO4P/c1-2-3-4-5-6-7-8-9-10-11-12-13-14-15-16-17-19(21)20-18-25(22,23)24/h2-18H2,1H3,(H,20,21)(H2,22,23,24). The van der Waals surface area contributed by atoms with Gasteiger partial charge in [-0.1, -0.05) is 96.8 Å². The highest BCUT2D eigenvalue weighted by Crippen LogP contribution is 2.31. The average molecular weight is 378 g/mol. The minimum absolute atomic E-state index is 0.266. The van der Waals surface area contributed by atoms with Gasteiger partial charge in [0.1, 0.15) is 6.29 Å². The van der Waals surface area contributed by atoms with E-state index in [1.807, 2.05) is 0 Å². The predicted octanol–water partition coefficient (Wildman–Crippen LogP) is 5.50. The molecule has 0 atom stereocenters. The molecule has 1 amide bonds. The molecule has 3 N–H and O–H groups in total. The predicted molar refractivity (Wildman–Crippen MR) is 105 cm³/mol. The van der Waals surface area contributed by atoms with Crippen molar-refractivity contribution in [3.63, 3.8) is 0 Å². The van der Waals surface area contributed by atoms with Crippen molar-refractivity contribution >= 4 is 13.5 Å². The van der Waals surface area contributed by atoms with Gasteiger partial charge < -0.3 is 15.1 Å². The Morgan fingerprint density at radius 2 is 1.08 bits per heavy atom. The number of rotatable bonds is 18. The summed E-state index contributed by atoms with van der Waals surface area (Å²) in [6, 6.07) is 0. The van der Waals surface area contributed by atoms with Gasteiger partial charge in [-0.25, -0.2) is 0 Å². The molecule has 5 nitrogen and oxygen atoms in total. The summed E-state index contributed by atoms with van der Waals surface area (Å²) in [5, 5.41) is 2.27. The van der Waals surface area contributed by atoms with E-state index in [9.17, 15) is 9.36 Å². The number of hydrogen-bond acceptors (Lipinski definition) is 2. The number of nitrogens with one attached hydrogen (secondary N) is 1. The molecular formula is C19H40NO4P. The highest BCUT2D eigenvalue weighted by atomic mass is 31.2. The average Bonchev–Trinajstić information content (AvgIpc) is 2.56. The molecule has 0 aromatic carbocycles. The molecule has 6 heteroatoms. The summed E-state index contributed by atoms with van der Waals surface area (Å²) in [6.45, 7) is 2.26. The van der Waals surface area contributed by atoms with E-state index < -0.39 is 13.9 Å². The van der Waals surface area contributed by atoms with Gasteiger partial charge in [-0.3, -0.25) is 9.36 Å². The summed E-state index contributed by atoms with van der Waals surface area (Å²) in [5.41, 5.74) is 0. The topological polar surface area (TPSA) is 86.6 Å². The molecule has 0 aromatic rings. The number of hydrogen-bond donors (Lipinski definition) is 3. The normalized spacial score (nSPS) is 11.6. The second-order valence-electron chi connectivity index (χ2n) is 7.12. The Balaban J connectivity index is 3.16. The van der Waals surface area contributed by atoms with Crippen molar-refractivity contribution in [2.75, 3.05) is 6.29 Å². The molecule has 0 aliphatic rings. The van der Waals surface area contributed by atoms with E-state index in [1.165, 1.54) is 77.0 Å². The summed E-state index contributed by atoms with van der Waals surface area (Å²) in [6.07, 6.45) is 19.0. The Kier molecular flexibility index (Phi) is 16.8. The first-order chi connectivity index (χ1) is 12.0. The molecule has 25 heavy (non-hydrogen) atoms. The maximum atomic E-state index is 11.4. The second kappa shape index (κ2) is 17.1. The van der Waals surface area contributed by atoms with Crippen molar-refractivity contribution in [3.8, 4) is 0 Å². The molecule has 0 radical (unpaired) electrons. The number of carbonyl (C=O) groups is 1. The highest BCUT2D eigenvalue weighted by molar-refractivity contribution is 7.51. The monoisotopic (exact) mass is 377 g/mol. The lowest BCUT2D eigenvalue weighted by Gasteiger charge is -2.06. The number of carbonyl (C=O) groups excluding carboxylic acids is 1. The maximum absolute atomic E-state index is 11.4. The molecule has 0 aromatic heterocycles. The van der Waals surface area contributed by atoms with Crippen molar-refractivity contribution in [2.24, 2.45) is 0 Å². The highest BCUT2D eigenvalue weighted by Gasteiger charge is 2.13. The number of unbranched alkanes of at least 4 members (excludes halogenated alkanes) is 14.